The Bertz CT molecular complexity index is 785. The number of nitrogens with zero attached hydrogens (tertiary/aromatic N) is 2. The highest BCUT2D eigenvalue weighted by molar-refractivity contribution is 7.99. The normalized spacial score (nSPS) is 10.9. The van der Waals surface area contributed by atoms with E-state index in [1.165, 1.54) is 0 Å². The predicted molar refractivity (Wildman–Crippen MR) is 95.4 cm³/mol. The van der Waals surface area contributed by atoms with Crippen LogP contribution in [0.1, 0.15) is 6.92 Å². The van der Waals surface area contributed by atoms with Crippen LogP contribution in [0.25, 0.3) is 16.9 Å². The zero-order valence-electron chi connectivity index (χ0n) is 12.0. The topological polar surface area (TPSA) is 17.8 Å². The minimum Gasteiger partial charge on any atom is -0.287 e. The Hall–Kier alpha value is -1.42. The quantitative estimate of drug-likeness (QED) is 0.541. The summed E-state index contributed by atoms with van der Waals surface area (Å²) in [5.74, 6) is 0.963. The number of imidazole rings is 1. The van der Waals surface area contributed by atoms with Crippen LogP contribution in [0, 0.1) is 0 Å². The van der Waals surface area contributed by atoms with Crippen LogP contribution in [-0.2, 0) is 0 Å². The van der Waals surface area contributed by atoms with Gasteiger partial charge in [0.1, 0.15) is 0 Å². The molecule has 2 aromatic carbocycles. The molecular formula is C17H14Cl2N2S. The lowest BCUT2D eigenvalue weighted by atomic mass is 10.1. The average molecular weight is 349 g/mol. The third-order valence-corrected chi connectivity index (χ3v) is 4.81. The maximum Gasteiger partial charge on any atom is 0.173 e. The summed E-state index contributed by atoms with van der Waals surface area (Å²) in [4.78, 5) is 4.56. The Labute approximate surface area is 144 Å². The first-order chi connectivity index (χ1) is 10.7. The van der Waals surface area contributed by atoms with Gasteiger partial charge >= 0.3 is 0 Å². The van der Waals surface area contributed by atoms with Crippen LogP contribution in [0.3, 0.4) is 0 Å². The van der Waals surface area contributed by atoms with Gasteiger partial charge in [0, 0.05) is 11.3 Å². The zero-order valence-corrected chi connectivity index (χ0v) is 14.3. The van der Waals surface area contributed by atoms with Crippen molar-refractivity contribution in [2.45, 2.75) is 12.1 Å². The maximum atomic E-state index is 6.16. The number of aromatic nitrogens is 2. The van der Waals surface area contributed by atoms with E-state index in [2.05, 4.69) is 28.6 Å². The molecule has 0 fully saturated rings. The van der Waals surface area contributed by atoms with Gasteiger partial charge in [-0.2, -0.15) is 0 Å². The summed E-state index contributed by atoms with van der Waals surface area (Å²) in [5, 5.41) is 2.07. The Morgan fingerprint density at radius 1 is 1.05 bits per heavy atom. The molecule has 1 aromatic heterocycles. The maximum absolute atomic E-state index is 6.16. The lowest BCUT2D eigenvalue weighted by Gasteiger charge is -2.12. The first-order valence-corrected chi connectivity index (χ1v) is 8.66. The summed E-state index contributed by atoms with van der Waals surface area (Å²) in [6.07, 6.45) is 1.88. The van der Waals surface area contributed by atoms with Gasteiger partial charge in [0.15, 0.2) is 5.16 Å². The van der Waals surface area contributed by atoms with Crippen molar-refractivity contribution in [3.8, 4) is 16.9 Å². The van der Waals surface area contributed by atoms with E-state index in [9.17, 15) is 0 Å². The summed E-state index contributed by atoms with van der Waals surface area (Å²) in [7, 11) is 0. The van der Waals surface area contributed by atoms with E-state index in [1.54, 1.807) is 11.8 Å². The Kier molecular flexibility index (Phi) is 4.77. The van der Waals surface area contributed by atoms with Crippen molar-refractivity contribution in [3.63, 3.8) is 0 Å². The fourth-order valence-electron chi connectivity index (χ4n) is 2.25. The van der Waals surface area contributed by atoms with Crippen LogP contribution in [0.5, 0.6) is 0 Å². The molecule has 0 saturated carbocycles. The molecule has 0 bridgehead atoms. The molecule has 1 heterocycles. The van der Waals surface area contributed by atoms with Crippen LogP contribution in [-0.4, -0.2) is 15.3 Å². The van der Waals surface area contributed by atoms with Crippen LogP contribution in [0.15, 0.2) is 59.9 Å². The van der Waals surface area contributed by atoms with E-state index in [0.29, 0.717) is 10.0 Å². The highest BCUT2D eigenvalue weighted by atomic mass is 35.5. The molecule has 5 heteroatoms. The van der Waals surface area contributed by atoms with Gasteiger partial charge in [0.2, 0.25) is 0 Å². The minimum atomic E-state index is 0.546. The van der Waals surface area contributed by atoms with Crippen LogP contribution < -0.4 is 0 Å². The molecule has 0 N–H and O–H groups in total. The third-order valence-electron chi connectivity index (χ3n) is 3.23. The van der Waals surface area contributed by atoms with Crippen molar-refractivity contribution in [2.24, 2.45) is 0 Å². The minimum absolute atomic E-state index is 0.546. The van der Waals surface area contributed by atoms with Crippen molar-refractivity contribution in [3.05, 3.63) is 64.8 Å². The van der Waals surface area contributed by atoms with Gasteiger partial charge in [-0.15, -0.1) is 0 Å². The summed E-state index contributed by atoms with van der Waals surface area (Å²) >= 11 is 13.9. The van der Waals surface area contributed by atoms with Crippen LogP contribution in [0.4, 0.5) is 0 Å². The van der Waals surface area contributed by atoms with Gasteiger partial charge in [-0.05, 0) is 30.0 Å². The highest BCUT2D eigenvalue weighted by Gasteiger charge is 2.14. The van der Waals surface area contributed by atoms with Crippen molar-refractivity contribution >= 4 is 35.0 Å². The van der Waals surface area contributed by atoms with Gasteiger partial charge in [-0.3, -0.25) is 4.57 Å². The molecule has 0 radical (unpaired) electrons. The van der Waals surface area contributed by atoms with E-state index in [-0.39, 0.29) is 0 Å². The summed E-state index contributed by atoms with van der Waals surface area (Å²) in [6, 6.07) is 15.8. The standard InChI is InChI=1S/C17H14Cl2N2S/c1-2-22-17-20-11-16(12-8-9-14(18)15(19)10-12)21(17)13-6-4-3-5-7-13/h3-11H,2H2,1H3. The first-order valence-electron chi connectivity index (χ1n) is 6.92. The smallest absolute Gasteiger partial charge is 0.173 e. The molecule has 0 aliphatic heterocycles. The number of hydrogen-bond acceptors (Lipinski definition) is 2. The molecule has 0 amide bonds. The number of hydrogen-bond donors (Lipinski definition) is 0. The average Bonchev–Trinajstić information content (AvgIpc) is 2.95. The molecule has 3 rings (SSSR count). The number of thioether (sulfide) groups is 1. The molecule has 3 aromatic rings. The van der Waals surface area contributed by atoms with E-state index < -0.39 is 0 Å². The molecule has 2 nitrogen and oxygen atoms in total. The lowest BCUT2D eigenvalue weighted by molar-refractivity contribution is 0.901. The summed E-state index contributed by atoms with van der Waals surface area (Å²) in [5.41, 5.74) is 3.08. The number of para-hydroxylation sites is 1. The van der Waals surface area contributed by atoms with E-state index in [1.807, 2.05) is 42.6 Å². The van der Waals surface area contributed by atoms with Gasteiger partial charge in [-0.1, -0.05) is 66.2 Å². The second-order valence-corrected chi connectivity index (χ2v) is 6.70. The molecular weight excluding hydrogens is 335 g/mol. The molecule has 0 unspecified atom stereocenters. The first kappa shape index (κ1) is 15.5. The van der Waals surface area contributed by atoms with Crippen molar-refractivity contribution in [1.82, 2.24) is 9.55 Å². The van der Waals surface area contributed by atoms with Gasteiger partial charge < -0.3 is 0 Å². The van der Waals surface area contributed by atoms with E-state index in [0.717, 1.165) is 27.9 Å². The summed E-state index contributed by atoms with van der Waals surface area (Å²) in [6.45, 7) is 2.12. The predicted octanol–water partition coefficient (Wildman–Crippen LogP) is 5.96. The number of halogens is 2. The van der Waals surface area contributed by atoms with Gasteiger partial charge in [0.05, 0.1) is 21.9 Å². The lowest BCUT2D eigenvalue weighted by Crippen LogP contribution is -1.99. The van der Waals surface area contributed by atoms with E-state index in [4.69, 9.17) is 23.2 Å². The number of rotatable bonds is 4. The molecule has 0 aliphatic carbocycles. The Morgan fingerprint density at radius 3 is 2.50 bits per heavy atom. The van der Waals surface area contributed by atoms with Crippen molar-refractivity contribution in [1.29, 1.82) is 0 Å². The molecule has 22 heavy (non-hydrogen) atoms. The fourth-order valence-corrected chi connectivity index (χ4v) is 3.27. The largest absolute Gasteiger partial charge is 0.287 e. The molecule has 0 atom stereocenters. The highest BCUT2D eigenvalue weighted by Crippen LogP contribution is 2.33. The van der Waals surface area contributed by atoms with Gasteiger partial charge in [0.25, 0.3) is 0 Å². The number of benzene rings is 2. The fraction of sp³-hybridized carbons (Fsp3) is 0.118. The second-order valence-electron chi connectivity index (χ2n) is 4.66. The Balaban J connectivity index is 2.17. The molecule has 0 spiro atoms. The van der Waals surface area contributed by atoms with Gasteiger partial charge in [-0.25, -0.2) is 4.98 Å². The molecule has 0 aliphatic rings. The monoisotopic (exact) mass is 348 g/mol. The van der Waals surface area contributed by atoms with Crippen LogP contribution >= 0.6 is 35.0 Å². The van der Waals surface area contributed by atoms with Crippen molar-refractivity contribution < 1.29 is 0 Å². The zero-order chi connectivity index (χ0) is 15.5. The molecule has 0 saturated heterocycles. The summed E-state index contributed by atoms with van der Waals surface area (Å²) < 4.78 is 2.15. The van der Waals surface area contributed by atoms with Crippen LogP contribution in [0.2, 0.25) is 10.0 Å². The second kappa shape index (κ2) is 6.78. The SMILES string of the molecule is CCSc1ncc(-c2ccc(Cl)c(Cl)c2)n1-c1ccccc1. The third kappa shape index (κ3) is 3.02. The van der Waals surface area contributed by atoms with Crippen molar-refractivity contribution in [2.75, 3.05) is 5.75 Å². The Morgan fingerprint density at radius 2 is 1.82 bits per heavy atom. The molecule has 112 valence electrons. The van der Waals surface area contributed by atoms with E-state index >= 15 is 0 Å².